The average molecular weight is 357 g/mol. The predicted octanol–water partition coefficient (Wildman–Crippen LogP) is 4.49. The van der Waals surface area contributed by atoms with Crippen molar-refractivity contribution in [3.8, 4) is 11.4 Å². The molecule has 0 bridgehead atoms. The van der Waals surface area contributed by atoms with Crippen molar-refractivity contribution in [3.63, 3.8) is 0 Å². The van der Waals surface area contributed by atoms with E-state index in [9.17, 15) is 0 Å². The van der Waals surface area contributed by atoms with Crippen LogP contribution in [0.1, 0.15) is 35.5 Å². The standard InChI is InChI=1S/C22H23N5/c1-14-18-6-4-5-7-20(18)27-21(14)13-24-15(2)19-12-25-22(26-16(19)3)17-8-10-23-11-9-17/h4-12,15,24,27H,13H2,1-3H3. The molecular formula is C22H23N5. The van der Waals surface area contributed by atoms with E-state index in [1.807, 2.05) is 25.3 Å². The first kappa shape index (κ1) is 17.4. The van der Waals surface area contributed by atoms with E-state index in [0.29, 0.717) is 0 Å². The zero-order valence-corrected chi connectivity index (χ0v) is 15.8. The van der Waals surface area contributed by atoms with E-state index in [1.54, 1.807) is 12.4 Å². The van der Waals surface area contributed by atoms with Gasteiger partial charge in [0.1, 0.15) is 0 Å². The highest BCUT2D eigenvalue weighted by Gasteiger charge is 2.13. The maximum atomic E-state index is 4.69. The van der Waals surface area contributed by atoms with Gasteiger partial charge in [-0.15, -0.1) is 0 Å². The van der Waals surface area contributed by atoms with Gasteiger partial charge < -0.3 is 10.3 Å². The van der Waals surface area contributed by atoms with E-state index >= 15 is 0 Å². The van der Waals surface area contributed by atoms with Crippen molar-refractivity contribution in [2.45, 2.75) is 33.4 Å². The van der Waals surface area contributed by atoms with Crippen LogP contribution in [0.5, 0.6) is 0 Å². The summed E-state index contributed by atoms with van der Waals surface area (Å²) in [4.78, 5) is 16.8. The fraction of sp³-hybridized carbons (Fsp3) is 0.227. The van der Waals surface area contributed by atoms with Crippen molar-refractivity contribution in [1.82, 2.24) is 25.3 Å². The van der Waals surface area contributed by atoms with Gasteiger partial charge in [-0.2, -0.15) is 0 Å². The van der Waals surface area contributed by atoms with Crippen LogP contribution in [0, 0.1) is 13.8 Å². The molecule has 3 aromatic heterocycles. The molecule has 136 valence electrons. The third-order valence-electron chi connectivity index (χ3n) is 5.08. The van der Waals surface area contributed by atoms with E-state index in [0.717, 1.165) is 29.2 Å². The van der Waals surface area contributed by atoms with Crippen molar-refractivity contribution in [1.29, 1.82) is 0 Å². The van der Waals surface area contributed by atoms with Crippen LogP contribution in [0.3, 0.4) is 0 Å². The van der Waals surface area contributed by atoms with Gasteiger partial charge in [-0.05, 0) is 44.5 Å². The van der Waals surface area contributed by atoms with Crippen molar-refractivity contribution in [2.24, 2.45) is 0 Å². The summed E-state index contributed by atoms with van der Waals surface area (Å²) >= 11 is 0. The Balaban J connectivity index is 1.51. The molecule has 0 spiro atoms. The van der Waals surface area contributed by atoms with Crippen LogP contribution in [-0.4, -0.2) is 19.9 Å². The molecule has 5 heteroatoms. The molecule has 4 aromatic rings. The lowest BCUT2D eigenvalue weighted by Crippen LogP contribution is -2.20. The summed E-state index contributed by atoms with van der Waals surface area (Å²) in [7, 11) is 0. The fourth-order valence-corrected chi connectivity index (χ4v) is 3.42. The molecule has 0 aliphatic carbocycles. The van der Waals surface area contributed by atoms with Crippen LogP contribution in [0.15, 0.2) is 55.0 Å². The van der Waals surface area contributed by atoms with Crippen LogP contribution >= 0.6 is 0 Å². The molecule has 0 radical (unpaired) electrons. The van der Waals surface area contributed by atoms with Crippen LogP contribution in [0.25, 0.3) is 22.3 Å². The molecule has 1 atom stereocenters. The monoisotopic (exact) mass is 357 g/mol. The van der Waals surface area contributed by atoms with Gasteiger partial charge in [0.05, 0.1) is 0 Å². The molecule has 1 unspecified atom stereocenters. The number of nitrogens with one attached hydrogen (secondary N) is 2. The van der Waals surface area contributed by atoms with E-state index in [4.69, 9.17) is 0 Å². The third kappa shape index (κ3) is 3.46. The number of aromatic amines is 1. The maximum absolute atomic E-state index is 4.69. The number of pyridine rings is 1. The van der Waals surface area contributed by atoms with E-state index in [-0.39, 0.29) is 6.04 Å². The summed E-state index contributed by atoms with van der Waals surface area (Å²) < 4.78 is 0. The molecule has 0 amide bonds. The lowest BCUT2D eigenvalue weighted by molar-refractivity contribution is 0.562. The van der Waals surface area contributed by atoms with Crippen molar-refractivity contribution >= 4 is 10.9 Å². The highest BCUT2D eigenvalue weighted by atomic mass is 15.0. The number of hydrogen-bond acceptors (Lipinski definition) is 4. The average Bonchev–Trinajstić information content (AvgIpc) is 3.03. The Labute approximate surface area is 158 Å². The first-order valence-electron chi connectivity index (χ1n) is 9.17. The smallest absolute Gasteiger partial charge is 0.159 e. The summed E-state index contributed by atoms with van der Waals surface area (Å²) in [6, 6.07) is 12.4. The Morgan fingerprint density at radius 1 is 1.07 bits per heavy atom. The zero-order chi connectivity index (χ0) is 18.8. The largest absolute Gasteiger partial charge is 0.357 e. The molecule has 0 aliphatic rings. The molecule has 1 aromatic carbocycles. The second-order valence-corrected chi connectivity index (χ2v) is 6.85. The second-order valence-electron chi connectivity index (χ2n) is 6.85. The minimum Gasteiger partial charge on any atom is -0.357 e. The number of rotatable bonds is 5. The lowest BCUT2D eigenvalue weighted by Gasteiger charge is -2.16. The summed E-state index contributed by atoms with van der Waals surface area (Å²) in [5.74, 6) is 0.734. The van der Waals surface area contributed by atoms with Gasteiger partial charge in [0.15, 0.2) is 5.82 Å². The van der Waals surface area contributed by atoms with Gasteiger partial charge in [-0.1, -0.05) is 18.2 Å². The quantitative estimate of drug-likeness (QED) is 0.552. The molecular weight excluding hydrogens is 334 g/mol. The van der Waals surface area contributed by atoms with Crippen molar-refractivity contribution < 1.29 is 0 Å². The van der Waals surface area contributed by atoms with Crippen molar-refractivity contribution in [3.05, 3.63) is 77.5 Å². The van der Waals surface area contributed by atoms with Gasteiger partial charge in [0, 0.05) is 64.6 Å². The zero-order valence-electron chi connectivity index (χ0n) is 15.8. The Bertz CT molecular complexity index is 1070. The van der Waals surface area contributed by atoms with Crippen molar-refractivity contribution in [2.75, 3.05) is 0 Å². The van der Waals surface area contributed by atoms with Gasteiger partial charge in [-0.25, -0.2) is 9.97 Å². The van der Waals surface area contributed by atoms with Crippen LogP contribution in [-0.2, 0) is 6.54 Å². The van der Waals surface area contributed by atoms with Crippen LogP contribution in [0.4, 0.5) is 0 Å². The SMILES string of the molecule is Cc1nc(-c2ccncc2)ncc1C(C)NCc1[nH]c2ccccc2c1C. The molecule has 3 heterocycles. The number of para-hydroxylation sites is 1. The summed E-state index contributed by atoms with van der Waals surface area (Å²) in [5.41, 5.74) is 6.78. The highest BCUT2D eigenvalue weighted by Crippen LogP contribution is 2.23. The van der Waals surface area contributed by atoms with Gasteiger partial charge in [-0.3, -0.25) is 4.98 Å². The predicted molar refractivity (Wildman–Crippen MR) is 108 cm³/mol. The van der Waals surface area contributed by atoms with Gasteiger partial charge in [0.2, 0.25) is 0 Å². The van der Waals surface area contributed by atoms with Crippen LogP contribution in [0.2, 0.25) is 0 Å². The summed E-state index contributed by atoms with van der Waals surface area (Å²) in [6.07, 6.45) is 5.44. The highest BCUT2D eigenvalue weighted by molar-refractivity contribution is 5.84. The van der Waals surface area contributed by atoms with E-state index in [1.165, 1.54) is 22.2 Å². The Morgan fingerprint density at radius 2 is 1.85 bits per heavy atom. The van der Waals surface area contributed by atoms with Gasteiger partial charge in [0.25, 0.3) is 0 Å². The number of H-pyrrole nitrogens is 1. The topological polar surface area (TPSA) is 66.5 Å². The number of fused-ring (bicyclic) bond motifs is 1. The van der Waals surface area contributed by atoms with E-state index < -0.39 is 0 Å². The second kappa shape index (κ2) is 7.29. The molecule has 2 N–H and O–H groups in total. The number of benzene rings is 1. The first-order chi connectivity index (χ1) is 13.1. The molecule has 0 fully saturated rings. The summed E-state index contributed by atoms with van der Waals surface area (Å²) in [5, 5.41) is 4.88. The molecule has 0 aliphatic heterocycles. The molecule has 0 saturated carbocycles. The van der Waals surface area contributed by atoms with Crippen LogP contribution < -0.4 is 5.32 Å². The summed E-state index contributed by atoms with van der Waals surface area (Å²) in [6.45, 7) is 7.12. The van der Waals surface area contributed by atoms with E-state index in [2.05, 4.69) is 63.4 Å². The molecule has 0 saturated heterocycles. The molecule has 4 rings (SSSR count). The number of hydrogen-bond donors (Lipinski definition) is 2. The first-order valence-corrected chi connectivity index (χ1v) is 9.17. The normalized spacial score (nSPS) is 12.4. The molecule has 27 heavy (non-hydrogen) atoms. The number of aryl methyl sites for hydroxylation is 2. The third-order valence-corrected chi connectivity index (χ3v) is 5.08. The Hall–Kier alpha value is -3.05. The maximum Gasteiger partial charge on any atom is 0.159 e. The fourth-order valence-electron chi connectivity index (χ4n) is 3.42. The minimum atomic E-state index is 0.155. The lowest BCUT2D eigenvalue weighted by atomic mass is 10.1. The number of aromatic nitrogens is 4. The Morgan fingerprint density at radius 3 is 2.59 bits per heavy atom. The molecule has 5 nitrogen and oxygen atoms in total. The van der Waals surface area contributed by atoms with Gasteiger partial charge >= 0.3 is 0 Å². The minimum absolute atomic E-state index is 0.155. The Kier molecular flexibility index (Phi) is 4.69. The number of nitrogens with zero attached hydrogens (tertiary/aromatic N) is 3.